The van der Waals surface area contributed by atoms with Crippen molar-refractivity contribution in [2.24, 2.45) is 5.41 Å². The lowest BCUT2D eigenvalue weighted by Crippen LogP contribution is -2.56. The van der Waals surface area contributed by atoms with E-state index in [0.717, 1.165) is 43.0 Å². The maximum absolute atomic E-state index is 13.2. The molecule has 3 nitrogen and oxygen atoms in total. The molecule has 4 rings (SSSR count). The van der Waals surface area contributed by atoms with Crippen LogP contribution in [-0.2, 0) is 0 Å². The van der Waals surface area contributed by atoms with Gasteiger partial charge in [0.05, 0.1) is 4.88 Å². The topological polar surface area (TPSA) is 23.6 Å². The second kappa shape index (κ2) is 8.59. The first-order valence-corrected chi connectivity index (χ1v) is 10.3. The van der Waals surface area contributed by atoms with Crippen LogP contribution in [0.2, 0.25) is 0 Å². The normalized spacial score (nSPS) is 19.1. The molecule has 0 N–H and O–H groups in total. The Morgan fingerprint density at radius 1 is 1.19 bits per heavy atom. The number of halogens is 1. The van der Waals surface area contributed by atoms with Gasteiger partial charge in [-0.3, -0.25) is 9.69 Å². The van der Waals surface area contributed by atoms with Gasteiger partial charge in [0.2, 0.25) is 0 Å². The maximum atomic E-state index is 13.2. The Hall–Kier alpha value is -1.62. The van der Waals surface area contributed by atoms with Gasteiger partial charge in [-0.25, -0.2) is 0 Å². The van der Waals surface area contributed by atoms with Crippen LogP contribution in [0.5, 0.6) is 0 Å². The Kier molecular flexibility index (Phi) is 6.40. The molecular weight excluding hydrogens is 376 g/mol. The Labute approximate surface area is 172 Å². The van der Waals surface area contributed by atoms with E-state index in [0.29, 0.717) is 11.5 Å². The predicted molar refractivity (Wildman–Crippen MR) is 116 cm³/mol. The van der Waals surface area contributed by atoms with Crippen molar-refractivity contribution in [3.8, 4) is 0 Å². The number of benzene rings is 1. The zero-order valence-electron chi connectivity index (χ0n) is 15.5. The van der Waals surface area contributed by atoms with E-state index in [2.05, 4.69) is 23.6 Å². The van der Waals surface area contributed by atoms with E-state index < -0.39 is 0 Å². The summed E-state index contributed by atoms with van der Waals surface area (Å²) in [6, 6.07) is 14.4. The van der Waals surface area contributed by atoms with Crippen LogP contribution in [0.1, 0.15) is 35.4 Å². The number of rotatable bonds is 5. The molecule has 27 heavy (non-hydrogen) atoms. The van der Waals surface area contributed by atoms with Crippen LogP contribution < -0.4 is 4.90 Å². The van der Waals surface area contributed by atoms with Crippen molar-refractivity contribution in [1.82, 2.24) is 4.90 Å². The zero-order chi connectivity index (χ0) is 18.0. The summed E-state index contributed by atoms with van der Waals surface area (Å²) < 4.78 is 0. The number of hydrogen-bond donors (Lipinski definition) is 0. The van der Waals surface area contributed by atoms with E-state index in [1.165, 1.54) is 24.2 Å². The molecule has 5 heteroatoms. The lowest BCUT2D eigenvalue weighted by Gasteiger charge is -2.55. The van der Waals surface area contributed by atoms with Crippen LogP contribution in [0.3, 0.4) is 0 Å². The molecule has 1 spiro atoms. The zero-order valence-corrected chi connectivity index (χ0v) is 17.2. The highest BCUT2D eigenvalue weighted by molar-refractivity contribution is 7.12. The number of nitrogens with zero attached hydrogens (tertiary/aromatic N) is 2. The van der Waals surface area contributed by atoms with Crippen LogP contribution >= 0.6 is 23.7 Å². The minimum absolute atomic E-state index is 0. The number of piperidine rings is 1. The number of carbonyl (C=O) groups is 1. The highest BCUT2D eigenvalue weighted by Gasteiger charge is 2.49. The molecule has 144 valence electrons. The van der Waals surface area contributed by atoms with E-state index in [1.807, 2.05) is 46.7 Å². The third kappa shape index (κ3) is 4.13. The van der Waals surface area contributed by atoms with Crippen LogP contribution in [-0.4, -0.2) is 36.5 Å². The fourth-order valence-corrected chi connectivity index (χ4v) is 5.18. The second-order valence-electron chi connectivity index (χ2n) is 7.64. The molecule has 1 aliphatic carbocycles. The van der Waals surface area contributed by atoms with Gasteiger partial charge in [-0.15, -0.1) is 30.3 Å². The lowest BCUT2D eigenvalue weighted by atomic mass is 9.60. The predicted octanol–water partition coefficient (Wildman–Crippen LogP) is 5.25. The smallest absolute Gasteiger partial charge is 0.268 e. The minimum Gasteiger partial charge on any atom is -0.305 e. The second-order valence-corrected chi connectivity index (χ2v) is 8.59. The molecular formula is C22H27ClN2OS. The third-order valence-corrected chi connectivity index (χ3v) is 6.85. The van der Waals surface area contributed by atoms with Gasteiger partial charge in [0, 0.05) is 18.3 Å². The van der Waals surface area contributed by atoms with Crippen molar-refractivity contribution < 1.29 is 4.79 Å². The SMILES string of the molecule is C=CCN1CCC2(CC1)CC(N(C(=O)c1cccs1)c1ccccc1)C2.Cl. The Balaban J connectivity index is 0.00000210. The molecule has 1 aromatic carbocycles. The van der Waals surface area contributed by atoms with E-state index in [1.54, 1.807) is 0 Å². The lowest BCUT2D eigenvalue weighted by molar-refractivity contribution is 0.0188. The number of thiophene rings is 1. The number of hydrogen-bond acceptors (Lipinski definition) is 3. The monoisotopic (exact) mass is 402 g/mol. The van der Waals surface area contributed by atoms with Gasteiger partial charge < -0.3 is 4.90 Å². The summed E-state index contributed by atoms with van der Waals surface area (Å²) in [5, 5.41) is 1.98. The van der Waals surface area contributed by atoms with Gasteiger partial charge in [-0.1, -0.05) is 30.3 Å². The van der Waals surface area contributed by atoms with Gasteiger partial charge in [0.15, 0.2) is 0 Å². The van der Waals surface area contributed by atoms with Gasteiger partial charge >= 0.3 is 0 Å². The first kappa shape index (κ1) is 20.1. The molecule has 1 saturated heterocycles. The summed E-state index contributed by atoms with van der Waals surface area (Å²) in [5.41, 5.74) is 1.46. The Morgan fingerprint density at radius 2 is 1.89 bits per heavy atom. The quantitative estimate of drug-likeness (QED) is 0.638. The minimum atomic E-state index is 0. The van der Waals surface area contributed by atoms with Crippen molar-refractivity contribution >= 4 is 35.3 Å². The molecule has 1 aromatic heterocycles. The number of anilines is 1. The van der Waals surface area contributed by atoms with Crippen molar-refractivity contribution in [3.05, 3.63) is 65.4 Å². The average molecular weight is 403 g/mol. The van der Waals surface area contributed by atoms with Crippen molar-refractivity contribution in [1.29, 1.82) is 0 Å². The van der Waals surface area contributed by atoms with Gasteiger partial charge in [-0.2, -0.15) is 0 Å². The van der Waals surface area contributed by atoms with Crippen LogP contribution in [0.15, 0.2) is 60.5 Å². The van der Waals surface area contributed by atoms with Crippen LogP contribution in [0, 0.1) is 5.41 Å². The third-order valence-electron chi connectivity index (χ3n) is 5.99. The molecule has 0 unspecified atom stereocenters. The molecule has 1 amide bonds. The molecule has 2 aliphatic rings. The fraction of sp³-hybridized carbons (Fsp3) is 0.409. The van der Waals surface area contributed by atoms with E-state index in [9.17, 15) is 4.79 Å². The highest BCUT2D eigenvalue weighted by atomic mass is 35.5. The summed E-state index contributed by atoms with van der Waals surface area (Å²) in [6.07, 6.45) is 6.74. The van der Waals surface area contributed by atoms with Crippen molar-refractivity contribution in [2.45, 2.75) is 31.7 Å². The molecule has 0 radical (unpaired) electrons. The first-order valence-electron chi connectivity index (χ1n) is 9.46. The molecule has 0 atom stereocenters. The summed E-state index contributed by atoms with van der Waals surface area (Å²) in [4.78, 5) is 18.5. The van der Waals surface area contributed by atoms with Crippen molar-refractivity contribution in [3.63, 3.8) is 0 Å². The number of para-hydroxylation sites is 1. The number of likely N-dealkylation sites (tertiary alicyclic amines) is 1. The van der Waals surface area contributed by atoms with Gasteiger partial charge in [0.25, 0.3) is 5.91 Å². The van der Waals surface area contributed by atoms with Crippen molar-refractivity contribution in [2.75, 3.05) is 24.5 Å². The van der Waals surface area contributed by atoms with E-state index in [4.69, 9.17) is 0 Å². The van der Waals surface area contributed by atoms with Gasteiger partial charge in [0.1, 0.15) is 0 Å². The first-order chi connectivity index (χ1) is 12.7. The molecule has 2 fully saturated rings. The number of amides is 1. The van der Waals surface area contributed by atoms with E-state index >= 15 is 0 Å². The average Bonchev–Trinajstić information content (AvgIpc) is 3.18. The molecule has 1 saturated carbocycles. The van der Waals surface area contributed by atoms with Crippen LogP contribution in [0.25, 0.3) is 0 Å². The molecule has 1 aliphatic heterocycles. The summed E-state index contributed by atoms with van der Waals surface area (Å²) >= 11 is 1.53. The summed E-state index contributed by atoms with van der Waals surface area (Å²) in [5.74, 6) is 0.148. The highest BCUT2D eigenvalue weighted by Crippen LogP contribution is 2.51. The summed E-state index contributed by atoms with van der Waals surface area (Å²) in [7, 11) is 0. The largest absolute Gasteiger partial charge is 0.305 e. The number of carbonyl (C=O) groups excluding carboxylic acids is 1. The van der Waals surface area contributed by atoms with E-state index in [-0.39, 0.29) is 18.3 Å². The fourth-order valence-electron chi connectivity index (χ4n) is 4.52. The maximum Gasteiger partial charge on any atom is 0.268 e. The molecule has 2 heterocycles. The molecule has 0 bridgehead atoms. The Bertz CT molecular complexity index is 746. The van der Waals surface area contributed by atoms with Crippen LogP contribution in [0.4, 0.5) is 5.69 Å². The summed E-state index contributed by atoms with van der Waals surface area (Å²) in [6.45, 7) is 7.16. The molecule has 2 aromatic rings. The Morgan fingerprint density at radius 3 is 2.48 bits per heavy atom. The standard InChI is InChI=1S/C22H26N2OS.ClH/c1-2-12-23-13-10-22(11-14-23)16-19(17-22)24(18-7-4-3-5-8-18)21(25)20-9-6-15-26-20;/h2-9,15,19H,1,10-14,16-17H2;1H. The van der Waals surface area contributed by atoms with Gasteiger partial charge in [-0.05, 0) is 67.8 Å².